The van der Waals surface area contributed by atoms with Gasteiger partial charge in [0.2, 0.25) is 0 Å². The summed E-state index contributed by atoms with van der Waals surface area (Å²) in [5, 5.41) is 3.48. The van der Waals surface area contributed by atoms with Crippen LogP contribution in [-0.4, -0.2) is 31.7 Å². The Morgan fingerprint density at radius 1 is 1.32 bits per heavy atom. The Hall–Kier alpha value is -0.520. The zero-order chi connectivity index (χ0) is 14.1. The number of thioether (sulfide) groups is 1. The zero-order valence-electron chi connectivity index (χ0n) is 11.6. The number of hydrogen-bond acceptors (Lipinski definition) is 4. The number of rotatable bonds is 4. The SMILES string of the molecule is CSc1ccc(C(C)NC2(C)CCS(=O)(=O)C2)cc1. The molecule has 1 N–H and O–H groups in total. The van der Waals surface area contributed by atoms with Crippen molar-refractivity contribution in [2.75, 3.05) is 17.8 Å². The topological polar surface area (TPSA) is 46.2 Å². The molecule has 1 aliphatic rings. The third kappa shape index (κ3) is 3.74. The molecule has 1 aromatic carbocycles. The highest BCUT2D eigenvalue weighted by molar-refractivity contribution is 7.98. The first-order valence-electron chi connectivity index (χ1n) is 6.46. The molecule has 1 aliphatic heterocycles. The van der Waals surface area contributed by atoms with Gasteiger partial charge >= 0.3 is 0 Å². The van der Waals surface area contributed by atoms with Gasteiger partial charge in [-0.25, -0.2) is 8.42 Å². The quantitative estimate of drug-likeness (QED) is 0.868. The second-order valence-corrected chi connectivity index (χ2v) is 8.61. The molecule has 1 heterocycles. The third-order valence-corrected chi connectivity index (χ3v) is 6.33. The van der Waals surface area contributed by atoms with Crippen molar-refractivity contribution in [2.45, 2.75) is 36.7 Å². The molecule has 2 rings (SSSR count). The summed E-state index contributed by atoms with van der Waals surface area (Å²) in [5.41, 5.74) is 0.902. The zero-order valence-corrected chi connectivity index (χ0v) is 13.3. The Morgan fingerprint density at radius 3 is 2.42 bits per heavy atom. The molecule has 5 heteroatoms. The highest BCUT2D eigenvalue weighted by atomic mass is 32.2. The minimum Gasteiger partial charge on any atom is -0.304 e. The van der Waals surface area contributed by atoms with E-state index in [1.165, 1.54) is 10.5 Å². The van der Waals surface area contributed by atoms with Crippen molar-refractivity contribution in [3.05, 3.63) is 29.8 Å². The van der Waals surface area contributed by atoms with Crippen molar-refractivity contribution >= 4 is 21.6 Å². The molecule has 1 fully saturated rings. The van der Waals surface area contributed by atoms with E-state index in [0.717, 1.165) is 0 Å². The van der Waals surface area contributed by atoms with Gasteiger partial charge < -0.3 is 5.32 Å². The van der Waals surface area contributed by atoms with Crippen molar-refractivity contribution in [3.63, 3.8) is 0 Å². The Morgan fingerprint density at radius 2 is 1.95 bits per heavy atom. The fourth-order valence-corrected chi connectivity index (χ4v) is 5.14. The molecule has 1 saturated heterocycles. The highest BCUT2D eigenvalue weighted by Gasteiger charge is 2.38. The molecule has 2 unspecified atom stereocenters. The predicted octanol–water partition coefficient (Wildman–Crippen LogP) is 2.64. The highest BCUT2D eigenvalue weighted by Crippen LogP contribution is 2.27. The van der Waals surface area contributed by atoms with Crippen LogP contribution in [-0.2, 0) is 9.84 Å². The maximum absolute atomic E-state index is 11.6. The lowest BCUT2D eigenvalue weighted by atomic mass is 9.98. The van der Waals surface area contributed by atoms with Gasteiger partial charge in [-0.15, -0.1) is 11.8 Å². The molecule has 0 saturated carbocycles. The fraction of sp³-hybridized carbons (Fsp3) is 0.571. The summed E-state index contributed by atoms with van der Waals surface area (Å²) in [6.45, 7) is 4.09. The van der Waals surface area contributed by atoms with Crippen LogP contribution in [0.4, 0.5) is 0 Å². The Kier molecular flexibility index (Phi) is 4.28. The molecule has 0 spiro atoms. The summed E-state index contributed by atoms with van der Waals surface area (Å²) < 4.78 is 23.2. The summed E-state index contributed by atoms with van der Waals surface area (Å²) in [4.78, 5) is 1.24. The van der Waals surface area contributed by atoms with Crippen molar-refractivity contribution in [2.24, 2.45) is 0 Å². The smallest absolute Gasteiger partial charge is 0.152 e. The molecule has 106 valence electrons. The second kappa shape index (κ2) is 5.46. The summed E-state index contributed by atoms with van der Waals surface area (Å²) in [5.74, 6) is 0.544. The predicted molar refractivity (Wildman–Crippen MR) is 81.4 cm³/mol. The normalized spacial score (nSPS) is 27.3. The molecule has 0 radical (unpaired) electrons. The lowest BCUT2D eigenvalue weighted by Crippen LogP contribution is -2.44. The number of benzene rings is 1. The lowest BCUT2D eigenvalue weighted by molar-refractivity contribution is 0.355. The van der Waals surface area contributed by atoms with Gasteiger partial charge in [-0.05, 0) is 44.2 Å². The maximum atomic E-state index is 11.6. The Balaban J connectivity index is 2.06. The van der Waals surface area contributed by atoms with Gasteiger partial charge in [0.1, 0.15) is 0 Å². The standard InChI is InChI=1S/C14H21NO2S2/c1-11(12-4-6-13(18-3)7-5-12)15-14(2)8-9-19(16,17)10-14/h4-7,11,15H,8-10H2,1-3H3. The first-order valence-corrected chi connectivity index (χ1v) is 9.50. The summed E-state index contributed by atoms with van der Waals surface area (Å²) >= 11 is 1.72. The van der Waals surface area contributed by atoms with Gasteiger partial charge in [0, 0.05) is 16.5 Å². The van der Waals surface area contributed by atoms with Crippen LogP contribution in [0.15, 0.2) is 29.2 Å². The first-order chi connectivity index (χ1) is 8.84. The van der Waals surface area contributed by atoms with Crippen LogP contribution < -0.4 is 5.32 Å². The van der Waals surface area contributed by atoms with Crippen LogP contribution in [0.5, 0.6) is 0 Å². The van der Waals surface area contributed by atoms with Gasteiger partial charge in [-0.2, -0.15) is 0 Å². The van der Waals surface area contributed by atoms with Crippen molar-refractivity contribution in [1.29, 1.82) is 0 Å². The van der Waals surface area contributed by atoms with Crippen LogP contribution in [0.1, 0.15) is 31.9 Å². The number of sulfone groups is 1. The molecular weight excluding hydrogens is 278 g/mol. The first kappa shape index (κ1) is 14.9. The third-order valence-electron chi connectivity index (χ3n) is 3.68. The summed E-state index contributed by atoms with van der Waals surface area (Å²) in [6, 6.07) is 8.58. The van der Waals surface area contributed by atoms with E-state index in [2.05, 4.69) is 42.8 Å². The van der Waals surface area contributed by atoms with Gasteiger partial charge in [0.15, 0.2) is 9.84 Å². The van der Waals surface area contributed by atoms with Crippen LogP contribution in [0.25, 0.3) is 0 Å². The lowest BCUT2D eigenvalue weighted by Gasteiger charge is -2.29. The molecule has 0 bridgehead atoms. The van der Waals surface area contributed by atoms with E-state index < -0.39 is 9.84 Å². The second-order valence-electron chi connectivity index (χ2n) is 5.54. The molecule has 1 aromatic rings. The van der Waals surface area contributed by atoms with E-state index in [1.807, 2.05) is 6.92 Å². The van der Waals surface area contributed by atoms with E-state index >= 15 is 0 Å². The van der Waals surface area contributed by atoms with Crippen LogP contribution in [0, 0.1) is 0 Å². The summed E-state index contributed by atoms with van der Waals surface area (Å²) in [7, 11) is -2.86. The van der Waals surface area contributed by atoms with Crippen molar-refractivity contribution in [3.8, 4) is 0 Å². The molecule has 0 aliphatic carbocycles. The van der Waals surface area contributed by atoms with Gasteiger partial charge in [0.05, 0.1) is 11.5 Å². The van der Waals surface area contributed by atoms with Crippen molar-refractivity contribution in [1.82, 2.24) is 5.32 Å². The largest absolute Gasteiger partial charge is 0.304 e. The molecule has 2 atom stereocenters. The molecular formula is C14H21NO2S2. The Labute approximate surface area is 120 Å². The number of nitrogens with one attached hydrogen (secondary N) is 1. The van der Waals surface area contributed by atoms with Crippen LogP contribution in [0.3, 0.4) is 0 Å². The fourth-order valence-electron chi connectivity index (χ4n) is 2.62. The number of hydrogen-bond donors (Lipinski definition) is 1. The van der Waals surface area contributed by atoms with E-state index in [4.69, 9.17) is 0 Å². The van der Waals surface area contributed by atoms with E-state index in [-0.39, 0.29) is 17.3 Å². The van der Waals surface area contributed by atoms with Gasteiger partial charge in [-0.1, -0.05) is 12.1 Å². The molecule has 19 heavy (non-hydrogen) atoms. The average molecular weight is 299 g/mol. The van der Waals surface area contributed by atoms with E-state index in [9.17, 15) is 8.42 Å². The molecule has 3 nitrogen and oxygen atoms in total. The maximum Gasteiger partial charge on any atom is 0.152 e. The Bertz CT molecular complexity index is 539. The van der Waals surface area contributed by atoms with Gasteiger partial charge in [-0.3, -0.25) is 0 Å². The minimum absolute atomic E-state index is 0.161. The van der Waals surface area contributed by atoms with E-state index in [1.54, 1.807) is 11.8 Å². The van der Waals surface area contributed by atoms with Crippen LogP contribution in [0.2, 0.25) is 0 Å². The molecule has 0 amide bonds. The minimum atomic E-state index is -2.86. The van der Waals surface area contributed by atoms with Gasteiger partial charge in [0.25, 0.3) is 0 Å². The average Bonchev–Trinajstić information content (AvgIpc) is 2.63. The van der Waals surface area contributed by atoms with E-state index in [0.29, 0.717) is 12.2 Å². The van der Waals surface area contributed by atoms with Crippen molar-refractivity contribution < 1.29 is 8.42 Å². The van der Waals surface area contributed by atoms with Crippen LogP contribution >= 0.6 is 11.8 Å². The monoisotopic (exact) mass is 299 g/mol. The molecule has 0 aromatic heterocycles. The summed E-state index contributed by atoms with van der Waals surface area (Å²) in [6.07, 6.45) is 2.75.